The van der Waals surface area contributed by atoms with Gasteiger partial charge in [-0.2, -0.15) is 4.39 Å². The molecule has 4 nitrogen and oxygen atoms in total. The fourth-order valence-corrected chi connectivity index (χ4v) is 2.15. The summed E-state index contributed by atoms with van der Waals surface area (Å²) in [5.41, 5.74) is 1.15. The van der Waals surface area contributed by atoms with Gasteiger partial charge in [0.2, 0.25) is 0 Å². The van der Waals surface area contributed by atoms with E-state index in [1.54, 1.807) is 30.0 Å². The molecule has 1 saturated heterocycles. The summed E-state index contributed by atoms with van der Waals surface area (Å²) in [6.07, 6.45) is 2.01. The summed E-state index contributed by atoms with van der Waals surface area (Å²) in [7, 11) is 1.33. The molecule has 0 radical (unpaired) electrons. The Labute approximate surface area is 112 Å². The quantitative estimate of drug-likeness (QED) is 0.620. The number of carbonyl (C=O) groups is 1. The number of likely N-dealkylation sites (tertiary alicyclic amines) is 1. The van der Waals surface area contributed by atoms with Gasteiger partial charge >= 0.3 is 5.97 Å². The van der Waals surface area contributed by atoms with Gasteiger partial charge in [-0.15, -0.1) is 0 Å². The first kappa shape index (κ1) is 13.8. The molecule has 0 aliphatic carbocycles. The Morgan fingerprint density at radius 2 is 2.05 bits per heavy atom. The Balaban J connectivity index is 2.06. The molecular formula is C14H18FNO3. The number of ether oxygens (including phenoxy) is 2. The maximum atomic E-state index is 13.9. The summed E-state index contributed by atoms with van der Waals surface area (Å²) >= 11 is 0. The van der Waals surface area contributed by atoms with E-state index in [0.29, 0.717) is 16.9 Å². The number of nitrogens with zero attached hydrogens (tertiary/aromatic N) is 1. The van der Waals surface area contributed by atoms with Gasteiger partial charge in [0.1, 0.15) is 5.75 Å². The molecule has 1 atom stereocenters. The van der Waals surface area contributed by atoms with Crippen LogP contribution in [0.5, 0.6) is 5.75 Å². The van der Waals surface area contributed by atoms with E-state index in [4.69, 9.17) is 4.74 Å². The van der Waals surface area contributed by atoms with Gasteiger partial charge in [0.25, 0.3) is 6.48 Å². The van der Waals surface area contributed by atoms with Crippen LogP contribution in [0.3, 0.4) is 0 Å². The fraction of sp³-hybridized carbons (Fsp3) is 0.500. The van der Waals surface area contributed by atoms with Crippen LogP contribution in [-0.4, -0.2) is 37.6 Å². The van der Waals surface area contributed by atoms with Crippen LogP contribution in [0.15, 0.2) is 18.2 Å². The van der Waals surface area contributed by atoms with Crippen LogP contribution in [0.4, 0.5) is 4.39 Å². The maximum absolute atomic E-state index is 13.9. The van der Waals surface area contributed by atoms with Crippen molar-refractivity contribution in [1.29, 1.82) is 0 Å². The minimum absolute atomic E-state index is 0.411. The van der Waals surface area contributed by atoms with Crippen molar-refractivity contribution in [3.63, 3.8) is 0 Å². The molecule has 0 aromatic heterocycles. The Bertz CT molecular complexity index is 458. The molecule has 0 saturated carbocycles. The highest BCUT2D eigenvalue weighted by Gasteiger charge is 2.23. The number of hydrogen-bond donors (Lipinski definition) is 0. The van der Waals surface area contributed by atoms with Gasteiger partial charge in [0, 0.05) is 13.1 Å². The summed E-state index contributed by atoms with van der Waals surface area (Å²) in [5.74, 6) is 0.0399. The van der Waals surface area contributed by atoms with E-state index < -0.39 is 12.5 Å². The Hall–Kier alpha value is -1.62. The first-order valence-corrected chi connectivity index (χ1v) is 6.35. The number of esters is 1. The van der Waals surface area contributed by atoms with Crippen molar-refractivity contribution in [2.45, 2.75) is 26.2 Å². The van der Waals surface area contributed by atoms with Crippen molar-refractivity contribution in [1.82, 2.24) is 4.90 Å². The predicted octanol–water partition coefficient (Wildman–Crippen LogP) is 2.51. The third-order valence-electron chi connectivity index (χ3n) is 3.25. The van der Waals surface area contributed by atoms with E-state index in [2.05, 4.69) is 4.74 Å². The van der Waals surface area contributed by atoms with Crippen LogP contribution in [-0.2, 0) is 4.74 Å². The van der Waals surface area contributed by atoms with Gasteiger partial charge in [0.15, 0.2) is 0 Å². The van der Waals surface area contributed by atoms with Gasteiger partial charge in [0.05, 0.1) is 12.7 Å². The molecule has 1 aliphatic rings. The topological polar surface area (TPSA) is 38.8 Å². The number of benzene rings is 1. The second-order valence-electron chi connectivity index (χ2n) is 4.62. The van der Waals surface area contributed by atoms with E-state index in [1.165, 1.54) is 7.11 Å². The minimum Gasteiger partial charge on any atom is -0.465 e. The molecule has 1 aromatic rings. The minimum atomic E-state index is -1.43. The van der Waals surface area contributed by atoms with E-state index in [0.717, 1.165) is 25.9 Å². The van der Waals surface area contributed by atoms with Gasteiger partial charge in [-0.1, -0.05) is 0 Å². The summed E-state index contributed by atoms with van der Waals surface area (Å²) in [4.78, 5) is 13.0. The van der Waals surface area contributed by atoms with Gasteiger partial charge < -0.3 is 9.47 Å². The molecule has 2 rings (SSSR count). The first-order valence-electron chi connectivity index (χ1n) is 6.35. The van der Waals surface area contributed by atoms with E-state index in [9.17, 15) is 9.18 Å². The molecule has 0 spiro atoms. The second-order valence-corrected chi connectivity index (χ2v) is 4.62. The number of methoxy groups -OCH3 is 1. The van der Waals surface area contributed by atoms with E-state index in [1.807, 2.05) is 0 Å². The lowest BCUT2D eigenvalue weighted by Crippen LogP contribution is -2.33. The second kappa shape index (κ2) is 6.02. The summed E-state index contributed by atoms with van der Waals surface area (Å²) in [6.45, 7) is 1.80. The van der Waals surface area contributed by atoms with E-state index >= 15 is 0 Å². The van der Waals surface area contributed by atoms with Gasteiger partial charge in [-0.05, 0) is 43.5 Å². The number of alkyl halides is 1. The number of aryl methyl sites for hydroxylation is 1. The first-order chi connectivity index (χ1) is 9.11. The highest BCUT2D eigenvalue weighted by atomic mass is 19.1. The number of hydrogen-bond acceptors (Lipinski definition) is 4. The smallest absolute Gasteiger partial charge is 0.337 e. The predicted molar refractivity (Wildman–Crippen MR) is 68.8 cm³/mol. The van der Waals surface area contributed by atoms with Crippen molar-refractivity contribution in [2.75, 3.05) is 20.2 Å². The Morgan fingerprint density at radius 3 is 2.63 bits per heavy atom. The Morgan fingerprint density at radius 1 is 1.37 bits per heavy atom. The van der Waals surface area contributed by atoms with Crippen molar-refractivity contribution in [3.05, 3.63) is 29.3 Å². The SMILES string of the molecule is COC(=O)c1ccc(OC(F)N2CCCC2)c(C)c1. The van der Waals surface area contributed by atoms with Crippen LogP contribution < -0.4 is 4.74 Å². The van der Waals surface area contributed by atoms with Gasteiger partial charge in [-0.25, -0.2) is 9.69 Å². The monoisotopic (exact) mass is 267 g/mol. The van der Waals surface area contributed by atoms with Crippen LogP contribution in [0.25, 0.3) is 0 Å². The number of halogens is 1. The molecule has 0 bridgehead atoms. The lowest BCUT2D eigenvalue weighted by Gasteiger charge is -2.21. The summed E-state index contributed by atoms with van der Waals surface area (Å²) in [6, 6.07) is 4.81. The standard InChI is InChI=1S/C14H18FNO3/c1-10-9-11(13(17)18-2)5-6-12(10)19-14(15)16-7-3-4-8-16/h5-6,9,14H,3-4,7-8H2,1-2H3. The lowest BCUT2D eigenvalue weighted by molar-refractivity contribution is -0.0624. The van der Waals surface area contributed by atoms with E-state index in [-0.39, 0.29) is 0 Å². The molecule has 1 aromatic carbocycles. The average molecular weight is 267 g/mol. The molecule has 1 heterocycles. The van der Waals surface area contributed by atoms with Crippen LogP contribution >= 0.6 is 0 Å². The Kier molecular flexibility index (Phi) is 4.37. The fourth-order valence-electron chi connectivity index (χ4n) is 2.15. The highest BCUT2D eigenvalue weighted by Crippen LogP contribution is 2.23. The summed E-state index contributed by atoms with van der Waals surface area (Å²) in [5, 5.41) is 0. The molecule has 0 N–H and O–H groups in total. The van der Waals surface area contributed by atoms with Crippen molar-refractivity contribution in [2.24, 2.45) is 0 Å². The van der Waals surface area contributed by atoms with Crippen molar-refractivity contribution >= 4 is 5.97 Å². The highest BCUT2D eigenvalue weighted by molar-refractivity contribution is 5.89. The molecule has 5 heteroatoms. The number of carbonyl (C=O) groups excluding carboxylic acids is 1. The molecule has 0 amide bonds. The molecule has 1 fully saturated rings. The molecule has 19 heavy (non-hydrogen) atoms. The largest absolute Gasteiger partial charge is 0.465 e. The zero-order chi connectivity index (χ0) is 13.8. The molecule has 1 unspecified atom stereocenters. The third-order valence-corrected chi connectivity index (χ3v) is 3.25. The van der Waals surface area contributed by atoms with Gasteiger partial charge in [-0.3, -0.25) is 0 Å². The molecular weight excluding hydrogens is 249 g/mol. The van der Waals surface area contributed by atoms with Crippen molar-refractivity contribution in [3.8, 4) is 5.75 Å². The molecule has 104 valence electrons. The van der Waals surface area contributed by atoms with Crippen LogP contribution in [0.2, 0.25) is 0 Å². The zero-order valence-corrected chi connectivity index (χ0v) is 11.2. The lowest BCUT2D eigenvalue weighted by atomic mass is 10.1. The van der Waals surface area contributed by atoms with Crippen molar-refractivity contribution < 1.29 is 18.7 Å². The molecule has 1 aliphatic heterocycles. The number of rotatable bonds is 4. The maximum Gasteiger partial charge on any atom is 0.337 e. The normalized spacial score (nSPS) is 17.2. The average Bonchev–Trinajstić information content (AvgIpc) is 2.94. The zero-order valence-electron chi connectivity index (χ0n) is 11.2. The van der Waals surface area contributed by atoms with Crippen LogP contribution in [0.1, 0.15) is 28.8 Å². The van der Waals surface area contributed by atoms with Crippen LogP contribution in [0, 0.1) is 6.92 Å². The third kappa shape index (κ3) is 3.23. The summed E-state index contributed by atoms with van der Waals surface area (Å²) < 4.78 is 23.8.